The number of aliphatic imine (C=N–C) groups is 1. The summed E-state index contributed by atoms with van der Waals surface area (Å²) < 4.78 is 0. The van der Waals surface area contributed by atoms with Gasteiger partial charge in [0, 0.05) is 11.6 Å². The second-order valence-electron chi connectivity index (χ2n) is 4.61. The molecule has 0 unspecified atom stereocenters. The van der Waals surface area contributed by atoms with Gasteiger partial charge in [0.25, 0.3) is 0 Å². The molecule has 2 aromatic carbocycles. The van der Waals surface area contributed by atoms with Crippen LogP contribution in [-0.2, 0) is 6.42 Å². The summed E-state index contributed by atoms with van der Waals surface area (Å²) in [5.41, 5.74) is 2.47. The van der Waals surface area contributed by atoms with Crippen LogP contribution >= 0.6 is 0 Å². The highest BCUT2D eigenvalue weighted by atomic mass is 16.3. The summed E-state index contributed by atoms with van der Waals surface area (Å²) in [6.07, 6.45) is 6.03. The minimum absolute atomic E-state index is 0.372. The number of fused-ring (bicyclic) bond motifs is 1. The summed E-state index contributed by atoms with van der Waals surface area (Å²) in [7, 11) is 0. The Kier molecular flexibility index (Phi) is 2.85. The molecule has 1 N–H and O–H groups in total. The number of nitrogens with zero attached hydrogens (tertiary/aromatic N) is 1. The number of hydrogen-bond donors (Lipinski definition) is 1. The highest BCUT2D eigenvalue weighted by molar-refractivity contribution is 5.88. The third kappa shape index (κ3) is 2.14. The fraction of sp³-hybridized carbons (Fsp3) is 0.188. The SMILES string of the molecule is Oc1cc(CCC2=CCN=C2)cc2ccccc12. The van der Waals surface area contributed by atoms with Crippen molar-refractivity contribution < 1.29 is 5.11 Å². The van der Waals surface area contributed by atoms with E-state index in [2.05, 4.69) is 17.1 Å². The van der Waals surface area contributed by atoms with Gasteiger partial charge < -0.3 is 5.11 Å². The molecule has 2 heteroatoms. The zero-order valence-electron chi connectivity index (χ0n) is 10.1. The van der Waals surface area contributed by atoms with Gasteiger partial charge in [0.2, 0.25) is 0 Å². The fourth-order valence-electron chi connectivity index (χ4n) is 2.34. The van der Waals surface area contributed by atoms with E-state index in [-0.39, 0.29) is 0 Å². The van der Waals surface area contributed by atoms with Crippen LogP contribution in [0, 0.1) is 0 Å². The molecule has 0 atom stereocenters. The predicted molar refractivity (Wildman–Crippen MR) is 75.4 cm³/mol. The van der Waals surface area contributed by atoms with E-state index in [4.69, 9.17) is 0 Å². The van der Waals surface area contributed by atoms with E-state index in [9.17, 15) is 5.11 Å². The number of rotatable bonds is 3. The number of hydrogen-bond acceptors (Lipinski definition) is 2. The lowest BCUT2D eigenvalue weighted by atomic mass is 10.0. The van der Waals surface area contributed by atoms with Gasteiger partial charge in [-0.3, -0.25) is 4.99 Å². The third-order valence-electron chi connectivity index (χ3n) is 3.32. The maximum absolute atomic E-state index is 10.0. The van der Waals surface area contributed by atoms with Crippen molar-refractivity contribution >= 4 is 17.0 Å². The van der Waals surface area contributed by atoms with Gasteiger partial charge in [0.05, 0.1) is 6.54 Å². The van der Waals surface area contributed by atoms with E-state index in [0.29, 0.717) is 5.75 Å². The second kappa shape index (κ2) is 4.65. The van der Waals surface area contributed by atoms with Crippen LogP contribution in [0.1, 0.15) is 12.0 Å². The molecule has 0 aromatic heterocycles. The topological polar surface area (TPSA) is 32.6 Å². The molecule has 2 aromatic rings. The largest absolute Gasteiger partial charge is 0.507 e. The molecule has 2 nitrogen and oxygen atoms in total. The Morgan fingerprint density at radius 2 is 2.00 bits per heavy atom. The van der Waals surface area contributed by atoms with Crippen LogP contribution in [0.15, 0.2) is 53.0 Å². The summed E-state index contributed by atoms with van der Waals surface area (Å²) in [5.74, 6) is 0.372. The van der Waals surface area contributed by atoms with Crippen molar-refractivity contribution in [2.75, 3.05) is 6.54 Å². The van der Waals surface area contributed by atoms with E-state index in [1.54, 1.807) is 0 Å². The van der Waals surface area contributed by atoms with Gasteiger partial charge in [-0.15, -0.1) is 0 Å². The first-order valence-corrected chi connectivity index (χ1v) is 6.22. The van der Waals surface area contributed by atoms with Crippen molar-refractivity contribution in [3.63, 3.8) is 0 Å². The molecule has 0 bridgehead atoms. The molecule has 3 rings (SSSR count). The summed E-state index contributed by atoms with van der Waals surface area (Å²) in [6.45, 7) is 0.818. The number of allylic oxidation sites excluding steroid dienone is 1. The fourth-order valence-corrected chi connectivity index (χ4v) is 2.34. The van der Waals surface area contributed by atoms with Gasteiger partial charge >= 0.3 is 0 Å². The maximum Gasteiger partial charge on any atom is 0.123 e. The molecule has 0 saturated carbocycles. The second-order valence-corrected chi connectivity index (χ2v) is 4.61. The van der Waals surface area contributed by atoms with E-state index >= 15 is 0 Å². The molecule has 0 saturated heterocycles. The summed E-state index contributed by atoms with van der Waals surface area (Å²) in [4.78, 5) is 4.18. The zero-order valence-corrected chi connectivity index (χ0v) is 10.1. The maximum atomic E-state index is 10.0. The zero-order chi connectivity index (χ0) is 12.4. The van der Waals surface area contributed by atoms with E-state index < -0.39 is 0 Å². The molecular formula is C16H15NO. The molecule has 0 spiro atoms. The first kappa shape index (κ1) is 11.0. The van der Waals surface area contributed by atoms with Gasteiger partial charge in [-0.1, -0.05) is 36.4 Å². The van der Waals surface area contributed by atoms with E-state index in [1.165, 1.54) is 11.1 Å². The third-order valence-corrected chi connectivity index (χ3v) is 3.32. The lowest BCUT2D eigenvalue weighted by molar-refractivity contribution is 0.481. The summed E-state index contributed by atoms with van der Waals surface area (Å²) >= 11 is 0. The van der Waals surface area contributed by atoms with Gasteiger partial charge in [0.15, 0.2) is 0 Å². The predicted octanol–water partition coefficient (Wildman–Crippen LogP) is 3.49. The lowest BCUT2D eigenvalue weighted by Crippen LogP contribution is -1.89. The lowest BCUT2D eigenvalue weighted by Gasteiger charge is -2.06. The average molecular weight is 237 g/mol. The minimum Gasteiger partial charge on any atom is -0.507 e. The van der Waals surface area contributed by atoms with Crippen molar-refractivity contribution in [1.82, 2.24) is 0 Å². The smallest absolute Gasteiger partial charge is 0.123 e. The molecule has 0 fully saturated rings. The number of aryl methyl sites for hydroxylation is 1. The monoisotopic (exact) mass is 237 g/mol. The van der Waals surface area contributed by atoms with Gasteiger partial charge in [-0.05, 0) is 35.4 Å². The Balaban J connectivity index is 1.86. The van der Waals surface area contributed by atoms with Crippen LogP contribution < -0.4 is 0 Å². The van der Waals surface area contributed by atoms with Crippen LogP contribution in [0.25, 0.3) is 10.8 Å². The number of aromatic hydroxyl groups is 1. The normalized spacial score (nSPS) is 14.1. The van der Waals surface area contributed by atoms with Crippen LogP contribution in [0.5, 0.6) is 5.75 Å². The molecule has 0 amide bonds. The van der Waals surface area contributed by atoms with Crippen molar-refractivity contribution in [2.24, 2.45) is 4.99 Å². The van der Waals surface area contributed by atoms with Crippen LogP contribution in [0.3, 0.4) is 0 Å². The Bertz CT molecular complexity index is 641. The quantitative estimate of drug-likeness (QED) is 0.870. The molecular weight excluding hydrogens is 222 g/mol. The molecule has 0 radical (unpaired) electrons. The van der Waals surface area contributed by atoms with Crippen LogP contribution in [0.4, 0.5) is 0 Å². The highest BCUT2D eigenvalue weighted by Gasteiger charge is 2.04. The molecule has 1 heterocycles. The Labute approximate surface area is 106 Å². The Hall–Kier alpha value is -2.09. The molecule has 18 heavy (non-hydrogen) atoms. The Morgan fingerprint density at radius 1 is 1.11 bits per heavy atom. The van der Waals surface area contributed by atoms with E-state index in [0.717, 1.165) is 30.2 Å². The van der Waals surface area contributed by atoms with Gasteiger partial charge in [-0.25, -0.2) is 0 Å². The van der Waals surface area contributed by atoms with Crippen molar-refractivity contribution in [1.29, 1.82) is 0 Å². The Morgan fingerprint density at radius 3 is 2.83 bits per heavy atom. The first-order valence-electron chi connectivity index (χ1n) is 6.22. The standard InChI is InChI=1S/C16H15NO/c18-16-10-13(6-5-12-7-8-17-11-12)9-14-3-1-2-4-15(14)16/h1-4,7,9-11,18H,5-6,8H2. The molecule has 1 aliphatic heterocycles. The van der Waals surface area contributed by atoms with Gasteiger partial charge in [-0.2, -0.15) is 0 Å². The number of benzene rings is 2. The molecule has 90 valence electrons. The van der Waals surface area contributed by atoms with Crippen LogP contribution in [-0.4, -0.2) is 17.9 Å². The van der Waals surface area contributed by atoms with E-state index in [1.807, 2.05) is 36.5 Å². The minimum atomic E-state index is 0.372. The first-order chi connectivity index (χ1) is 8.83. The van der Waals surface area contributed by atoms with Gasteiger partial charge in [0.1, 0.15) is 5.75 Å². The number of phenols is 1. The van der Waals surface area contributed by atoms with Crippen molar-refractivity contribution in [3.05, 3.63) is 53.6 Å². The summed E-state index contributed by atoms with van der Waals surface area (Å²) in [5, 5.41) is 12.0. The number of phenolic OH excluding ortho intramolecular Hbond substituents is 1. The molecule has 1 aliphatic rings. The van der Waals surface area contributed by atoms with Crippen LogP contribution in [0.2, 0.25) is 0 Å². The molecule has 0 aliphatic carbocycles. The van der Waals surface area contributed by atoms with Crippen molar-refractivity contribution in [2.45, 2.75) is 12.8 Å². The van der Waals surface area contributed by atoms with Crippen molar-refractivity contribution in [3.8, 4) is 5.75 Å². The highest BCUT2D eigenvalue weighted by Crippen LogP contribution is 2.27. The summed E-state index contributed by atoms with van der Waals surface area (Å²) in [6, 6.07) is 11.9. The average Bonchev–Trinajstić information content (AvgIpc) is 2.90.